The van der Waals surface area contributed by atoms with Gasteiger partial charge in [0.2, 0.25) is 0 Å². The van der Waals surface area contributed by atoms with Crippen LogP contribution in [0, 0.1) is 0 Å². The van der Waals surface area contributed by atoms with Gasteiger partial charge in [0.25, 0.3) is 0 Å². The number of nitrogens with one attached hydrogen (secondary N) is 2. The molecule has 0 radical (unpaired) electrons. The fourth-order valence-corrected chi connectivity index (χ4v) is 2.62. The standard InChI is InChI=1S/C19H21F3N2O4/c20-19(21,22)28-15-8-6-14(7-9-15)11-23-12-17(25)16(24-18(26)27)10-13-4-2-1-3-5-13/h1-9,16-17,23-25H,10-12H2,(H,26,27)/p-1. The van der Waals surface area contributed by atoms with Gasteiger partial charge in [-0.3, -0.25) is 0 Å². The third-order valence-electron chi connectivity index (χ3n) is 3.91. The third-order valence-corrected chi connectivity index (χ3v) is 3.91. The van der Waals surface area contributed by atoms with Crippen LogP contribution in [0.25, 0.3) is 0 Å². The molecule has 152 valence electrons. The molecule has 0 saturated carbocycles. The Labute approximate surface area is 160 Å². The summed E-state index contributed by atoms with van der Waals surface area (Å²) in [5.74, 6) is -0.322. The maximum absolute atomic E-state index is 12.1. The highest BCUT2D eigenvalue weighted by Gasteiger charge is 2.30. The molecule has 0 aromatic heterocycles. The first-order valence-electron chi connectivity index (χ1n) is 8.48. The quantitative estimate of drug-likeness (QED) is 0.597. The minimum atomic E-state index is -4.75. The van der Waals surface area contributed by atoms with Gasteiger partial charge in [-0.1, -0.05) is 42.5 Å². The molecule has 2 unspecified atom stereocenters. The number of benzene rings is 2. The molecule has 0 fully saturated rings. The van der Waals surface area contributed by atoms with Crippen LogP contribution in [0.4, 0.5) is 18.0 Å². The second-order valence-corrected chi connectivity index (χ2v) is 6.12. The lowest BCUT2D eigenvalue weighted by molar-refractivity contribution is -0.274. The zero-order valence-corrected chi connectivity index (χ0v) is 14.8. The number of hydrogen-bond acceptors (Lipinski definition) is 5. The number of ether oxygens (including phenoxy) is 1. The number of alkyl halides is 3. The summed E-state index contributed by atoms with van der Waals surface area (Å²) in [7, 11) is 0. The Hall–Kier alpha value is -2.78. The summed E-state index contributed by atoms with van der Waals surface area (Å²) in [5.41, 5.74) is 1.52. The molecule has 3 N–H and O–H groups in total. The zero-order chi connectivity index (χ0) is 20.6. The molecule has 28 heavy (non-hydrogen) atoms. The Morgan fingerprint density at radius 2 is 1.71 bits per heavy atom. The van der Waals surface area contributed by atoms with Gasteiger partial charge in [0, 0.05) is 13.1 Å². The van der Waals surface area contributed by atoms with Crippen LogP contribution in [-0.4, -0.2) is 36.3 Å². The lowest BCUT2D eigenvalue weighted by Gasteiger charge is -2.26. The summed E-state index contributed by atoms with van der Waals surface area (Å²) in [6.07, 6.45) is -6.99. The van der Waals surface area contributed by atoms with Crippen molar-refractivity contribution in [2.24, 2.45) is 0 Å². The highest BCUT2D eigenvalue weighted by molar-refractivity contribution is 5.62. The molecular formula is C19H20F3N2O4-. The fourth-order valence-electron chi connectivity index (χ4n) is 2.62. The summed E-state index contributed by atoms with van der Waals surface area (Å²) in [5, 5.41) is 26.3. The van der Waals surface area contributed by atoms with Gasteiger partial charge in [-0.2, -0.15) is 0 Å². The van der Waals surface area contributed by atoms with Gasteiger partial charge in [-0.15, -0.1) is 13.2 Å². The van der Waals surface area contributed by atoms with E-state index in [0.717, 1.165) is 5.56 Å². The zero-order valence-electron chi connectivity index (χ0n) is 14.8. The topological polar surface area (TPSA) is 93.7 Å². The van der Waals surface area contributed by atoms with Crippen LogP contribution in [0.1, 0.15) is 11.1 Å². The molecule has 0 spiro atoms. The maximum Gasteiger partial charge on any atom is 0.573 e. The summed E-state index contributed by atoms with van der Waals surface area (Å²) >= 11 is 0. The molecule has 0 saturated heterocycles. The van der Waals surface area contributed by atoms with Crippen LogP contribution in [0.3, 0.4) is 0 Å². The Balaban J connectivity index is 1.86. The van der Waals surface area contributed by atoms with Gasteiger partial charge in [0.15, 0.2) is 0 Å². The Kier molecular flexibility index (Phi) is 7.65. The van der Waals surface area contributed by atoms with Crippen LogP contribution in [0.2, 0.25) is 0 Å². The average molecular weight is 397 g/mol. The second kappa shape index (κ2) is 9.95. The third kappa shape index (κ3) is 7.85. The van der Waals surface area contributed by atoms with E-state index in [-0.39, 0.29) is 25.3 Å². The lowest BCUT2D eigenvalue weighted by atomic mass is 10.0. The van der Waals surface area contributed by atoms with Gasteiger partial charge in [0.05, 0.1) is 12.1 Å². The van der Waals surface area contributed by atoms with Gasteiger partial charge in [-0.25, -0.2) is 0 Å². The van der Waals surface area contributed by atoms with Crippen molar-refractivity contribution in [2.45, 2.75) is 31.5 Å². The molecule has 0 heterocycles. The molecule has 1 amide bonds. The van der Waals surface area contributed by atoms with Crippen molar-refractivity contribution in [3.05, 3.63) is 65.7 Å². The van der Waals surface area contributed by atoms with Crippen molar-refractivity contribution in [1.82, 2.24) is 10.6 Å². The molecule has 2 aromatic carbocycles. The summed E-state index contributed by atoms with van der Waals surface area (Å²) in [4.78, 5) is 10.9. The van der Waals surface area contributed by atoms with Crippen LogP contribution < -0.4 is 20.5 Å². The number of carboxylic acid groups (broad SMARTS) is 1. The van der Waals surface area contributed by atoms with Gasteiger partial charge >= 0.3 is 6.36 Å². The fraction of sp³-hybridized carbons (Fsp3) is 0.316. The van der Waals surface area contributed by atoms with Crippen LogP contribution in [-0.2, 0) is 13.0 Å². The number of amides is 1. The molecule has 0 aliphatic carbocycles. The monoisotopic (exact) mass is 397 g/mol. The maximum atomic E-state index is 12.1. The molecule has 9 heteroatoms. The predicted molar refractivity (Wildman–Crippen MR) is 93.3 cm³/mol. The van der Waals surface area contributed by atoms with Crippen LogP contribution in [0.5, 0.6) is 5.75 Å². The second-order valence-electron chi connectivity index (χ2n) is 6.12. The first kappa shape index (κ1) is 21.5. The average Bonchev–Trinajstić information content (AvgIpc) is 2.62. The number of aliphatic hydroxyl groups is 1. The Morgan fingerprint density at radius 1 is 1.07 bits per heavy atom. The number of carbonyl (C=O) groups excluding carboxylic acids is 1. The van der Waals surface area contributed by atoms with Crippen molar-refractivity contribution in [2.75, 3.05) is 6.54 Å². The molecule has 0 aliphatic rings. The van der Waals surface area contributed by atoms with Crippen LogP contribution >= 0.6 is 0 Å². The molecule has 0 aliphatic heterocycles. The molecule has 6 nitrogen and oxygen atoms in total. The van der Waals surface area contributed by atoms with E-state index < -0.39 is 24.6 Å². The van der Waals surface area contributed by atoms with Crippen molar-refractivity contribution >= 4 is 6.09 Å². The SMILES string of the molecule is O=C([O-])NC(Cc1ccccc1)C(O)CNCc1ccc(OC(F)(F)F)cc1. The molecule has 2 aromatic rings. The molecule has 2 rings (SSSR count). The van der Waals surface area contributed by atoms with E-state index in [0.29, 0.717) is 5.56 Å². The van der Waals surface area contributed by atoms with Gasteiger partial charge in [-0.05, 0) is 29.7 Å². The number of halogens is 3. The van der Waals surface area contributed by atoms with E-state index >= 15 is 0 Å². The summed E-state index contributed by atoms with van der Waals surface area (Å²) < 4.78 is 40.2. The van der Waals surface area contributed by atoms with Crippen molar-refractivity contribution in [1.29, 1.82) is 0 Å². The van der Waals surface area contributed by atoms with Gasteiger partial charge < -0.3 is 30.4 Å². The first-order valence-corrected chi connectivity index (χ1v) is 8.48. The van der Waals surface area contributed by atoms with Gasteiger partial charge in [0.1, 0.15) is 11.8 Å². The van der Waals surface area contributed by atoms with Crippen molar-refractivity contribution in [3.8, 4) is 5.75 Å². The highest BCUT2D eigenvalue weighted by atomic mass is 19.4. The molecule has 2 atom stereocenters. The summed E-state index contributed by atoms with van der Waals surface area (Å²) in [6.45, 7) is 0.339. The van der Waals surface area contributed by atoms with E-state index in [4.69, 9.17) is 0 Å². The van der Waals surface area contributed by atoms with Crippen molar-refractivity contribution in [3.63, 3.8) is 0 Å². The largest absolute Gasteiger partial charge is 0.573 e. The highest BCUT2D eigenvalue weighted by Crippen LogP contribution is 2.22. The van der Waals surface area contributed by atoms with E-state index in [1.54, 1.807) is 0 Å². The molecular weight excluding hydrogens is 377 g/mol. The lowest BCUT2D eigenvalue weighted by Crippen LogP contribution is -2.52. The van der Waals surface area contributed by atoms with E-state index in [1.165, 1.54) is 24.3 Å². The Morgan fingerprint density at radius 3 is 2.29 bits per heavy atom. The number of aliphatic hydroxyl groups excluding tert-OH is 1. The minimum absolute atomic E-state index is 0.0680. The Bertz CT molecular complexity index is 739. The molecule has 0 bridgehead atoms. The first-order chi connectivity index (χ1) is 13.2. The normalized spacial score (nSPS) is 13.6. The predicted octanol–water partition coefficient (Wildman–Crippen LogP) is 1.58. The van der Waals surface area contributed by atoms with E-state index in [9.17, 15) is 28.2 Å². The van der Waals surface area contributed by atoms with Crippen LogP contribution in [0.15, 0.2) is 54.6 Å². The van der Waals surface area contributed by atoms with E-state index in [2.05, 4.69) is 15.4 Å². The number of hydrogen-bond donors (Lipinski definition) is 3. The van der Waals surface area contributed by atoms with Crippen molar-refractivity contribution < 1.29 is 32.9 Å². The number of carbonyl (C=O) groups is 1. The smallest absolute Gasteiger partial charge is 0.530 e. The van der Waals surface area contributed by atoms with E-state index in [1.807, 2.05) is 30.3 Å². The number of rotatable bonds is 9. The minimum Gasteiger partial charge on any atom is -0.530 e. The summed E-state index contributed by atoms with van der Waals surface area (Å²) in [6, 6.07) is 13.6.